The van der Waals surface area contributed by atoms with Crippen molar-refractivity contribution >= 4 is 11.9 Å². The maximum absolute atomic E-state index is 13.2. The normalized spacial score (nSPS) is 14.2. The zero-order valence-corrected chi connectivity index (χ0v) is 44.4. The lowest BCUT2D eigenvalue weighted by atomic mass is 10.0. The fraction of sp³-hybridized carbons (Fsp3) is 0.619. The average molecular weight is 955 g/mol. The molecule has 0 aliphatic rings. The topological polar surface area (TPSA) is 95.9 Å². The van der Waals surface area contributed by atoms with Gasteiger partial charge in [0.2, 0.25) is 5.91 Å². The minimum Gasteiger partial charge on any atom is -0.462 e. The van der Waals surface area contributed by atoms with Gasteiger partial charge in [0.1, 0.15) is 6.10 Å². The molecule has 0 saturated heterocycles. The summed E-state index contributed by atoms with van der Waals surface area (Å²) in [5.74, 6) is -0.641. The summed E-state index contributed by atoms with van der Waals surface area (Å²) in [7, 11) is 0. The number of amides is 1. The quantitative estimate of drug-likeness (QED) is 0.0321. The lowest BCUT2D eigenvalue weighted by molar-refractivity contribution is -0.150. The molecule has 3 unspecified atom stereocenters. The molecule has 6 heteroatoms. The molecule has 0 aromatic carbocycles. The number of esters is 1. The highest BCUT2D eigenvalue weighted by atomic mass is 16.5. The van der Waals surface area contributed by atoms with Gasteiger partial charge in [0.25, 0.3) is 0 Å². The molecule has 0 fully saturated rings. The number of carbonyl (C=O) groups is 2. The predicted molar refractivity (Wildman–Crippen MR) is 300 cm³/mol. The van der Waals surface area contributed by atoms with Gasteiger partial charge in [-0.15, -0.1) is 0 Å². The number of hydrogen-bond acceptors (Lipinski definition) is 5. The second-order valence-corrected chi connectivity index (χ2v) is 18.2. The van der Waals surface area contributed by atoms with Crippen molar-refractivity contribution < 1.29 is 24.5 Å². The fourth-order valence-electron chi connectivity index (χ4n) is 7.61. The Hall–Kier alpha value is -4.00. The van der Waals surface area contributed by atoms with Gasteiger partial charge in [-0.2, -0.15) is 0 Å². The number of hydrogen-bond donors (Lipinski definition) is 3. The molecule has 6 nitrogen and oxygen atoms in total. The molecular weight excluding hydrogens is 851 g/mol. The standard InChI is InChI=1S/C63H103NO5/c1-4-7-10-13-16-19-22-25-28-30-31-33-35-38-41-44-47-50-53-56-63(68)69-59(54-51-48-45-42-39-36-34-32-29-26-23-20-17-14-11-8-5-2)57-62(67)64-60(58-65)61(66)55-52-49-46-43-40-37-27-24-21-18-15-12-9-6-3/h7-8,10-11,16-17,19-20,25-26,28-29,31,33-34,36,38,41-42,45,47,50,59-61,65-66H,4-6,9,12-15,18,21-24,27,30,32,35,37,39-40,43-44,46,48-49,51-58H2,1-3H3,(H,64,67)/b10-7-,11-8-,19-16-,20-17-,28-25-,29-26-,33-31-,36-34-,41-38-,45-42-,50-47-. The zero-order valence-electron chi connectivity index (χ0n) is 44.4. The first-order valence-corrected chi connectivity index (χ1v) is 27.9. The van der Waals surface area contributed by atoms with Crippen molar-refractivity contribution in [2.24, 2.45) is 0 Å². The molecule has 0 aromatic rings. The Labute approximate surface area is 424 Å². The van der Waals surface area contributed by atoms with Crippen molar-refractivity contribution in [1.29, 1.82) is 0 Å². The van der Waals surface area contributed by atoms with E-state index in [0.717, 1.165) is 103 Å². The Morgan fingerprint density at radius 2 is 0.783 bits per heavy atom. The number of unbranched alkanes of at least 4 members (excludes halogenated alkanes) is 14. The van der Waals surface area contributed by atoms with Gasteiger partial charge in [0.05, 0.1) is 25.2 Å². The van der Waals surface area contributed by atoms with Crippen LogP contribution in [0, 0.1) is 0 Å². The first-order chi connectivity index (χ1) is 34.0. The van der Waals surface area contributed by atoms with Crippen LogP contribution in [0.5, 0.6) is 0 Å². The molecule has 0 spiro atoms. The van der Waals surface area contributed by atoms with E-state index >= 15 is 0 Å². The summed E-state index contributed by atoms with van der Waals surface area (Å²) in [5.41, 5.74) is 0. The molecule has 3 atom stereocenters. The van der Waals surface area contributed by atoms with Gasteiger partial charge in [-0.25, -0.2) is 0 Å². The number of allylic oxidation sites excluding steroid dienone is 22. The summed E-state index contributed by atoms with van der Waals surface area (Å²) in [4.78, 5) is 26.2. The monoisotopic (exact) mass is 954 g/mol. The largest absolute Gasteiger partial charge is 0.462 e. The van der Waals surface area contributed by atoms with E-state index in [4.69, 9.17) is 4.74 Å². The first-order valence-electron chi connectivity index (χ1n) is 27.9. The van der Waals surface area contributed by atoms with Crippen LogP contribution >= 0.6 is 0 Å². The SMILES string of the molecule is CC/C=C\C/C=C\C/C=C\C/C=C\C/C=C\C/C=C\CCC(=O)OC(CCC/C=C\C/C=C\C/C=C\C/C=C\C/C=C\CC)CC(=O)NC(CO)C(O)CCCCCCCCCCCCCCCC. The number of rotatable bonds is 48. The summed E-state index contributed by atoms with van der Waals surface area (Å²) in [6.07, 6.45) is 78.1. The van der Waals surface area contributed by atoms with Crippen molar-refractivity contribution in [2.75, 3.05) is 6.61 Å². The van der Waals surface area contributed by atoms with Crippen molar-refractivity contribution in [1.82, 2.24) is 5.32 Å². The minimum atomic E-state index is -0.825. The van der Waals surface area contributed by atoms with Gasteiger partial charge < -0.3 is 20.3 Å². The molecule has 69 heavy (non-hydrogen) atoms. The molecule has 0 aromatic heterocycles. The van der Waals surface area contributed by atoms with Crippen LogP contribution in [-0.2, 0) is 14.3 Å². The summed E-state index contributed by atoms with van der Waals surface area (Å²) < 4.78 is 5.88. The summed E-state index contributed by atoms with van der Waals surface area (Å²) >= 11 is 0. The lowest BCUT2D eigenvalue weighted by Crippen LogP contribution is -2.46. The second-order valence-electron chi connectivity index (χ2n) is 18.2. The van der Waals surface area contributed by atoms with Crippen LogP contribution < -0.4 is 5.32 Å². The third-order valence-corrected chi connectivity index (χ3v) is 11.7. The highest BCUT2D eigenvalue weighted by Gasteiger charge is 2.24. The lowest BCUT2D eigenvalue weighted by Gasteiger charge is -2.24. The molecule has 0 aliphatic heterocycles. The average Bonchev–Trinajstić information content (AvgIpc) is 3.34. The van der Waals surface area contributed by atoms with Crippen molar-refractivity contribution in [3.05, 3.63) is 134 Å². The first kappa shape index (κ1) is 65.0. The number of aliphatic hydroxyl groups excluding tert-OH is 2. The smallest absolute Gasteiger partial charge is 0.306 e. The predicted octanol–water partition coefficient (Wildman–Crippen LogP) is 17.4. The Morgan fingerprint density at radius 1 is 0.435 bits per heavy atom. The molecule has 390 valence electrons. The van der Waals surface area contributed by atoms with Gasteiger partial charge >= 0.3 is 5.97 Å². The Kier molecular flexibility index (Phi) is 51.7. The van der Waals surface area contributed by atoms with E-state index < -0.39 is 18.2 Å². The van der Waals surface area contributed by atoms with Crippen LogP contribution in [0.1, 0.15) is 226 Å². The van der Waals surface area contributed by atoms with Crippen LogP contribution in [0.4, 0.5) is 0 Å². The molecule has 1 amide bonds. The van der Waals surface area contributed by atoms with Gasteiger partial charge in [0, 0.05) is 6.42 Å². The zero-order chi connectivity index (χ0) is 50.2. The van der Waals surface area contributed by atoms with Crippen molar-refractivity contribution in [3.63, 3.8) is 0 Å². The highest BCUT2D eigenvalue weighted by molar-refractivity contribution is 5.77. The van der Waals surface area contributed by atoms with E-state index in [9.17, 15) is 19.8 Å². The van der Waals surface area contributed by atoms with Gasteiger partial charge in [-0.3, -0.25) is 9.59 Å². The van der Waals surface area contributed by atoms with E-state index in [1.165, 1.54) is 70.6 Å². The maximum Gasteiger partial charge on any atom is 0.306 e. The highest BCUT2D eigenvalue weighted by Crippen LogP contribution is 2.16. The fourth-order valence-corrected chi connectivity index (χ4v) is 7.61. The third kappa shape index (κ3) is 50.2. The molecule has 0 bridgehead atoms. The number of aliphatic hydroxyl groups is 2. The van der Waals surface area contributed by atoms with Crippen LogP contribution in [0.2, 0.25) is 0 Å². The summed E-state index contributed by atoms with van der Waals surface area (Å²) in [5, 5.41) is 23.8. The number of nitrogens with one attached hydrogen (secondary N) is 1. The molecule has 0 radical (unpaired) electrons. The second kappa shape index (κ2) is 54.9. The van der Waals surface area contributed by atoms with Crippen LogP contribution in [-0.4, -0.2) is 46.9 Å². The van der Waals surface area contributed by atoms with Crippen LogP contribution in [0.3, 0.4) is 0 Å². The Morgan fingerprint density at radius 3 is 1.16 bits per heavy atom. The molecule has 0 heterocycles. The van der Waals surface area contributed by atoms with E-state index in [-0.39, 0.29) is 31.3 Å². The summed E-state index contributed by atoms with van der Waals surface area (Å²) in [6.45, 7) is 6.22. The van der Waals surface area contributed by atoms with Crippen molar-refractivity contribution in [2.45, 2.75) is 244 Å². The molecule has 0 aliphatic carbocycles. The van der Waals surface area contributed by atoms with E-state index in [0.29, 0.717) is 19.3 Å². The molecule has 3 N–H and O–H groups in total. The number of carbonyl (C=O) groups excluding carboxylic acids is 2. The third-order valence-electron chi connectivity index (χ3n) is 11.7. The van der Waals surface area contributed by atoms with E-state index in [2.05, 4.69) is 154 Å². The van der Waals surface area contributed by atoms with E-state index in [1.54, 1.807) is 0 Å². The molecule has 0 rings (SSSR count). The van der Waals surface area contributed by atoms with E-state index in [1.807, 2.05) is 6.08 Å². The molecular formula is C63H103NO5. The molecule has 0 saturated carbocycles. The minimum absolute atomic E-state index is 0.000600. The Bertz CT molecular complexity index is 1490. The Balaban J connectivity index is 4.82. The van der Waals surface area contributed by atoms with Crippen LogP contribution in [0.15, 0.2) is 134 Å². The maximum atomic E-state index is 13.2. The summed E-state index contributed by atoms with van der Waals surface area (Å²) in [6, 6.07) is -0.745. The van der Waals surface area contributed by atoms with Crippen molar-refractivity contribution in [3.8, 4) is 0 Å². The van der Waals surface area contributed by atoms with Gasteiger partial charge in [0.15, 0.2) is 0 Å². The van der Waals surface area contributed by atoms with Gasteiger partial charge in [-0.1, -0.05) is 244 Å². The van der Waals surface area contributed by atoms with Gasteiger partial charge in [-0.05, 0) is 103 Å². The van der Waals surface area contributed by atoms with Crippen LogP contribution in [0.25, 0.3) is 0 Å². The number of ether oxygens (including phenoxy) is 1.